The summed E-state index contributed by atoms with van der Waals surface area (Å²) in [6.07, 6.45) is 7.24. The summed E-state index contributed by atoms with van der Waals surface area (Å²) >= 11 is 1.16. The average Bonchev–Trinajstić information content (AvgIpc) is 2.69. The second-order valence-electron chi connectivity index (χ2n) is 7.44. The minimum atomic E-state index is -1.35. The SMILES string of the molecule is CCCCCC=C=CCC(=O)SCCNC(=O)CCNC(=O)C(O)C(C)(C)CO. The van der Waals surface area contributed by atoms with Crippen LogP contribution in [-0.4, -0.2) is 58.7 Å². The van der Waals surface area contributed by atoms with Gasteiger partial charge in [-0.1, -0.05) is 45.4 Å². The fraction of sp³-hybridized carbons (Fsp3) is 0.714. The van der Waals surface area contributed by atoms with Crippen molar-refractivity contribution < 1.29 is 24.6 Å². The van der Waals surface area contributed by atoms with Crippen molar-refractivity contribution in [3.05, 3.63) is 17.9 Å². The van der Waals surface area contributed by atoms with Gasteiger partial charge in [0.05, 0.1) is 6.61 Å². The van der Waals surface area contributed by atoms with Crippen LogP contribution in [0.25, 0.3) is 0 Å². The molecule has 0 aliphatic rings. The largest absolute Gasteiger partial charge is 0.396 e. The lowest BCUT2D eigenvalue weighted by Gasteiger charge is -2.27. The number of aliphatic hydroxyl groups is 2. The number of nitrogens with one attached hydrogen (secondary N) is 2. The molecule has 0 aliphatic carbocycles. The highest BCUT2D eigenvalue weighted by atomic mass is 32.2. The van der Waals surface area contributed by atoms with Gasteiger partial charge in [-0.2, -0.15) is 0 Å². The van der Waals surface area contributed by atoms with Gasteiger partial charge in [-0.25, -0.2) is 0 Å². The number of carbonyl (C=O) groups is 3. The molecule has 0 saturated carbocycles. The van der Waals surface area contributed by atoms with Gasteiger partial charge in [-0.3, -0.25) is 14.4 Å². The van der Waals surface area contributed by atoms with Gasteiger partial charge < -0.3 is 20.8 Å². The number of hydrogen-bond donors (Lipinski definition) is 4. The number of allylic oxidation sites excluding steroid dienone is 1. The molecule has 0 aromatic carbocycles. The van der Waals surface area contributed by atoms with Gasteiger partial charge in [-0.05, 0) is 25.0 Å². The van der Waals surface area contributed by atoms with Crippen LogP contribution < -0.4 is 10.6 Å². The number of thioether (sulfide) groups is 1. The van der Waals surface area contributed by atoms with Crippen molar-refractivity contribution in [2.75, 3.05) is 25.4 Å². The zero-order valence-electron chi connectivity index (χ0n) is 17.8. The molecule has 0 aromatic rings. The normalized spacial score (nSPS) is 11.9. The van der Waals surface area contributed by atoms with E-state index < -0.39 is 17.4 Å². The Morgan fingerprint density at radius 1 is 1.14 bits per heavy atom. The lowest BCUT2D eigenvalue weighted by Crippen LogP contribution is -2.46. The predicted molar refractivity (Wildman–Crippen MR) is 116 cm³/mol. The van der Waals surface area contributed by atoms with Crippen molar-refractivity contribution in [3.8, 4) is 0 Å². The lowest BCUT2D eigenvalue weighted by molar-refractivity contribution is -0.137. The van der Waals surface area contributed by atoms with Crippen molar-refractivity contribution in [3.63, 3.8) is 0 Å². The third-order valence-corrected chi connectivity index (χ3v) is 5.09. The molecule has 0 aliphatic heterocycles. The van der Waals surface area contributed by atoms with Crippen LogP contribution in [-0.2, 0) is 14.4 Å². The Morgan fingerprint density at radius 3 is 2.52 bits per heavy atom. The standard InChI is InChI=1S/C21H36N2O5S/c1-4-5-6-7-8-9-10-11-18(26)29-15-14-22-17(25)12-13-23-20(28)19(27)21(2,3)16-24/h8,10,19,24,27H,4-7,11-16H2,1-3H3,(H,22,25)(H,23,28). The number of aliphatic hydroxyl groups excluding tert-OH is 2. The van der Waals surface area contributed by atoms with E-state index in [9.17, 15) is 19.5 Å². The minimum absolute atomic E-state index is 0.0291. The van der Waals surface area contributed by atoms with Crippen LogP contribution in [0.5, 0.6) is 0 Å². The number of amides is 2. The summed E-state index contributed by atoms with van der Waals surface area (Å²) in [4.78, 5) is 35.2. The summed E-state index contributed by atoms with van der Waals surface area (Å²) in [5.41, 5.74) is 2.07. The lowest BCUT2D eigenvalue weighted by atomic mass is 9.87. The molecular formula is C21H36N2O5S. The zero-order chi connectivity index (χ0) is 22.1. The topological polar surface area (TPSA) is 116 Å². The van der Waals surface area contributed by atoms with E-state index in [-0.39, 0.29) is 30.6 Å². The van der Waals surface area contributed by atoms with E-state index in [1.54, 1.807) is 19.9 Å². The predicted octanol–water partition coefficient (Wildman–Crippen LogP) is 1.93. The van der Waals surface area contributed by atoms with Crippen LogP contribution in [0.4, 0.5) is 0 Å². The van der Waals surface area contributed by atoms with Crippen LogP contribution in [0.15, 0.2) is 17.9 Å². The summed E-state index contributed by atoms with van der Waals surface area (Å²) in [5.74, 6) is -0.386. The molecule has 1 unspecified atom stereocenters. The van der Waals surface area contributed by atoms with Crippen molar-refractivity contribution in [2.45, 2.75) is 65.4 Å². The molecule has 29 heavy (non-hydrogen) atoms. The van der Waals surface area contributed by atoms with E-state index in [0.29, 0.717) is 18.7 Å². The first-order valence-electron chi connectivity index (χ1n) is 10.1. The Balaban J connectivity index is 3.83. The summed E-state index contributed by atoms with van der Waals surface area (Å²) < 4.78 is 0. The van der Waals surface area contributed by atoms with Gasteiger partial charge in [0.15, 0.2) is 5.12 Å². The molecule has 1 atom stereocenters. The van der Waals surface area contributed by atoms with Crippen molar-refractivity contribution in [1.82, 2.24) is 10.6 Å². The molecule has 166 valence electrons. The number of unbranched alkanes of at least 4 members (excludes halogenated alkanes) is 3. The quantitative estimate of drug-likeness (QED) is 0.234. The molecule has 0 bridgehead atoms. The Kier molecular flexibility index (Phi) is 15.3. The Labute approximate surface area is 178 Å². The fourth-order valence-electron chi connectivity index (χ4n) is 2.15. The van der Waals surface area contributed by atoms with E-state index in [4.69, 9.17) is 5.11 Å². The van der Waals surface area contributed by atoms with E-state index in [1.807, 2.05) is 6.08 Å². The minimum Gasteiger partial charge on any atom is -0.396 e. The first kappa shape index (κ1) is 27.4. The van der Waals surface area contributed by atoms with Crippen LogP contribution in [0.2, 0.25) is 0 Å². The van der Waals surface area contributed by atoms with E-state index in [1.165, 1.54) is 12.8 Å². The molecular weight excluding hydrogens is 392 g/mol. The van der Waals surface area contributed by atoms with Crippen molar-refractivity contribution in [2.24, 2.45) is 5.41 Å². The summed E-state index contributed by atoms with van der Waals surface area (Å²) in [5, 5.41) is 24.2. The molecule has 8 heteroatoms. The van der Waals surface area contributed by atoms with Crippen LogP contribution >= 0.6 is 11.8 Å². The first-order valence-corrected chi connectivity index (χ1v) is 11.1. The Hall–Kier alpha value is -1.60. The van der Waals surface area contributed by atoms with E-state index >= 15 is 0 Å². The second-order valence-corrected chi connectivity index (χ2v) is 8.59. The van der Waals surface area contributed by atoms with Gasteiger partial charge in [0.25, 0.3) is 0 Å². The number of carbonyl (C=O) groups excluding carboxylic acids is 3. The van der Waals surface area contributed by atoms with Gasteiger partial charge >= 0.3 is 0 Å². The third-order valence-electron chi connectivity index (χ3n) is 4.19. The third kappa shape index (κ3) is 14.1. The summed E-state index contributed by atoms with van der Waals surface area (Å²) in [6, 6.07) is 0. The average molecular weight is 429 g/mol. The molecule has 0 rings (SSSR count). The van der Waals surface area contributed by atoms with Gasteiger partial charge in [0.2, 0.25) is 11.8 Å². The first-order chi connectivity index (χ1) is 13.7. The number of hydrogen-bond acceptors (Lipinski definition) is 6. The molecule has 0 fully saturated rings. The molecule has 7 nitrogen and oxygen atoms in total. The summed E-state index contributed by atoms with van der Waals surface area (Å²) in [6.45, 7) is 5.42. The van der Waals surface area contributed by atoms with Gasteiger partial charge in [-0.15, -0.1) is 5.73 Å². The molecule has 2 amide bonds. The monoisotopic (exact) mass is 428 g/mol. The van der Waals surface area contributed by atoms with E-state index in [0.717, 1.165) is 24.6 Å². The highest BCUT2D eigenvalue weighted by molar-refractivity contribution is 8.13. The second kappa shape index (κ2) is 16.2. The smallest absolute Gasteiger partial charge is 0.249 e. The van der Waals surface area contributed by atoms with Crippen LogP contribution in [0.3, 0.4) is 0 Å². The van der Waals surface area contributed by atoms with Crippen molar-refractivity contribution in [1.29, 1.82) is 0 Å². The molecule has 0 spiro atoms. The Morgan fingerprint density at radius 2 is 1.86 bits per heavy atom. The maximum absolute atomic E-state index is 11.8. The Bertz CT molecular complexity index is 571. The van der Waals surface area contributed by atoms with E-state index in [2.05, 4.69) is 23.3 Å². The maximum Gasteiger partial charge on any atom is 0.249 e. The maximum atomic E-state index is 11.8. The highest BCUT2D eigenvalue weighted by Crippen LogP contribution is 2.19. The van der Waals surface area contributed by atoms with Crippen LogP contribution in [0, 0.1) is 5.41 Å². The number of rotatable bonds is 15. The van der Waals surface area contributed by atoms with Gasteiger partial charge in [0, 0.05) is 37.1 Å². The van der Waals surface area contributed by atoms with Crippen molar-refractivity contribution >= 4 is 28.7 Å². The molecule has 4 N–H and O–H groups in total. The van der Waals surface area contributed by atoms with Gasteiger partial charge in [0.1, 0.15) is 6.10 Å². The molecule has 0 radical (unpaired) electrons. The highest BCUT2D eigenvalue weighted by Gasteiger charge is 2.32. The summed E-state index contributed by atoms with van der Waals surface area (Å²) in [7, 11) is 0. The molecule has 0 heterocycles. The van der Waals surface area contributed by atoms with Crippen LogP contribution in [0.1, 0.15) is 59.3 Å². The molecule has 0 aromatic heterocycles. The zero-order valence-corrected chi connectivity index (χ0v) is 18.6. The fourth-order valence-corrected chi connectivity index (χ4v) is 2.78. The molecule has 0 saturated heterocycles.